The second-order valence-corrected chi connectivity index (χ2v) is 9.96. The fraction of sp³-hybridized carbons (Fsp3) is 0.444. The van der Waals surface area contributed by atoms with Crippen molar-refractivity contribution in [2.24, 2.45) is 7.05 Å². The number of nitrogens with zero attached hydrogens (tertiary/aromatic N) is 4. The highest BCUT2D eigenvalue weighted by atomic mass is 35.5. The monoisotopic (exact) mass is 481 g/mol. The van der Waals surface area contributed by atoms with Crippen molar-refractivity contribution < 1.29 is 4.39 Å². The van der Waals surface area contributed by atoms with Crippen LogP contribution in [0.2, 0.25) is 5.02 Å². The van der Waals surface area contributed by atoms with Crippen LogP contribution < -0.4 is 5.32 Å². The fourth-order valence-electron chi connectivity index (χ4n) is 4.49. The predicted octanol–water partition coefficient (Wildman–Crippen LogP) is 5.58. The number of piperazine rings is 1. The average Bonchev–Trinajstić information content (AvgIpc) is 3.09. The lowest BCUT2D eigenvalue weighted by Crippen LogP contribution is -2.54. The lowest BCUT2D eigenvalue weighted by Gasteiger charge is -2.41. The first kappa shape index (κ1) is 24.5. The summed E-state index contributed by atoms with van der Waals surface area (Å²) < 4.78 is 15.4. The molecule has 0 radical (unpaired) electrons. The number of fused-ring (bicyclic) bond motifs is 1. The van der Waals surface area contributed by atoms with E-state index in [1.54, 1.807) is 16.8 Å². The Morgan fingerprint density at radius 2 is 1.88 bits per heavy atom. The Bertz CT molecular complexity index is 1250. The molecule has 0 saturated carbocycles. The average molecular weight is 482 g/mol. The van der Waals surface area contributed by atoms with Crippen LogP contribution in [0.15, 0.2) is 30.3 Å². The molecule has 0 aliphatic carbocycles. The minimum absolute atomic E-state index is 0.0802. The van der Waals surface area contributed by atoms with E-state index in [4.69, 9.17) is 11.6 Å². The molecule has 3 aromatic rings. The van der Waals surface area contributed by atoms with Crippen molar-refractivity contribution in [2.75, 3.05) is 38.0 Å². The normalized spacial score (nSPS) is 15.4. The molecule has 1 saturated heterocycles. The molecule has 1 aliphatic rings. The number of hydrogen-bond acceptors (Lipinski definition) is 4. The zero-order valence-electron chi connectivity index (χ0n) is 20.7. The van der Waals surface area contributed by atoms with E-state index in [0.29, 0.717) is 5.69 Å². The van der Waals surface area contributed by atoms with Gasteiger partial charge in [0.2, 0.25) is 0 Å². The number of hydrogen-bond donors (Lipinski definition) is 1. The van der Waals surface area contributed by atoms with Crippen LogP contribution in [0.3, 0.4) is 0 Å². The van der Waals surface area contributed by atoms with Crippen LogP contribution in [0.25, 0.3) is 10.9 Å². The van der Waals surface area contributed by atoms with Crippen LogP contribution in [-0.4, -0.2) is 57.8 Å². The molecule has 7 heteroatoms. The van der Waals surface area contributed by atoms with Gasteiger partial charge < -0.3 is 10.2 Å². The van der Waals surface area contributed by atoms with E-state index in [9.17, 15) is 4.39 Å². The van der Waals surface area contributed by atoms with E-state index >= 15 is 0 Å². The molecule has 0 atom stereocenters. The van der Waals surface area contributed by atoms with Gasteiger partial charge in [0, 0.05) is 49.9 Å². The maximum absolute atomic E-state index is 13.6. The number of nitrogens with one attached hydrogen (secondary N) is 1. The number of aromatic nitrogens is 2. The first-order valence-corrected chi connectivity index (χ1v) is 12.3. The highest BCUT2D eigenvalue weighted by molar-refractivity contribution is 6.31. The summed E-state index contributed by atoms with van der Waals surface area (Å²) in [6, 6.07) is 8.76. The molecular formula is C27H33ClFN5. The van der Waals surface area contributed by atoms with Gasteiger partial charge in [-0.1, -0.05) is 30.4 Å². The van der Waals surface area contributed by atoms with Crippen molar-refractivity contribution >= 4 is 34.0 Å². The molecule has 2 aromatic carbocycles. The standard InChI is InChI=1S/C27H33ClFN5/c1-6-11-33-12-14-34(15-13-33)27(3,4)10-9-20-17-22-25(16-19(20)2)31-32(5)26(22)30-21-7-8-24(29)23(28)18-21/h7-8,16-18,30H,6,11-15H2,1-5H3. The molecule has 5 nitrogen and oxygen atoms in total. The number of anilines is 2. The Morgan fingerprint density at radius 3 is 2.56 bits per heavy atom. The molecule has 180 valence electrons. The molecule has 0 amide bonds. The summed E-state index contributed by atoms with van der Waals surface area (Å²) in [4.78, 5) is 5.01. The molecule has 1 N–H and O–H groups in total. The summed E-state index contributed by atoms with van der Waals surface area (Å²) >= 11 is 5.97. The third kappa shape index (κ3) is 5.22. The summed E-state index contributed by atoms with van der Waals surface area (Å²) in [5.74, 6) is 7.36. The van der Waals surface area contributed by atoms with Crippen molar-refractivity contribution in [3.63, 3.8) is 0 Å². The first-order valence-electron chi connectivity index (χ1n) is 11.9. The molecule has 0 spiro atoms. The first-order chi connectivity index (χ1) is 16.2. The number of aryl methyl sites for hydroxylation is 2. The fourth-order valence-corrected chi connectivity index (χ4v) is 4.67. The van der Waals surface area contributed by atoms with E-state index in [2.05, 4.69) is 71.9 Å². The molecular weight excluding hydrogens is 449 g/mol. The molecule has 1 aliphatic heterocycles. The summed E-state index contributed by atoms with van der Waals surface area (Å²) in [5.41, 5.74) is 3.46. The zero-order chi connectivity index (χ0) is 24.5. The van der Waals surface area contributed by atoms with E-state index in [1.165, 1.54) is 19.0 Å². The van der Waals surface area contributed by atoms with Crippen LogP contribution in [0.5, 0.6) is 0 Å². The van der Waals surface area contributed by atoms with Gasteiger partial charge in [-0.3, -0.25) is 9.58 Å². The SMILES string of the molecule is CCCN1CCN(C(C)(C)C#Cc2cc3c(Nc4ccc(F)c(Cl)c4)n(C)nc3cc2C)CC1. The van der Waals surface area contributed by atoms with Crippen molar-refractivity contribution in [3.05, 3.63) is 52.3 Å². The minimum Gasteiger partial charge on any atom is -0.340 e. The predicted molar refractivity (Wildman–Crippen MR) is 139 cm³/mol. The number of rotatable bonds is 5. The lowest BCUT2D eigenvalue weighted by molar-refractivity contribution is 0.0812. The second kappa shape index (κ2) is 9.95. The van der Waals surface area contributed by atoms with Gasteiger partial charge >= 0.3 is 0 Å². The van der Waals surface area contributed by atoms with Crippen LogP contribution in [0, 0.1) is 24.6 Å². The Morgan fingerprint density at radius 1 is 1.15 bits per heavy atom. The van der Waals surface area contributed by atoms with Crippen LogP contribution in [0.1, 0.15) is 38.3 Å². The van der Waals surface area contributed by atoms with Crippen molar-refractivity contribution in [1.29, 1.82) is 0 Å². The van der Waals surface area contributed by atoms with Gasteiger partial charge in [-0.05, 0) is 69.6 Å². The van der Waals surface area contributed by atoms with E-state index < -0.39 is 5.82 Å². The van der Waals surface area contributed by atoms with Crippen molar-refractivity contribution in [1.82, 2.24) is 19.6 Å². The maximum Gasteiger partial charge on any atom is 0.141 e. The Labute approximate surface area is 206 Å². The Kier molecular flexibility index (Phi) is 7.18. The third-order valence-electron chi connectivity index (χ3n) is 6.57. The summed E-state index contributed by atoms with van der Waals surface area (Å²) in [6.07, 6.45) is 1.20. The second-order valence-electron chi connectivity index (χ2n) is 9.55. The molecule has 1 aromatic heterocycles. The summed E-state index contributed by atoms with van der Waals surface area (Å²) in [7, 11) is 1.88. The van der Waals surface area contributed by atoms with E-state index in [-0.39, 0.29) is 10.6 Å². The van der Waals surface area contributed by atoms with E-state index in [0.717, 1.165) is 54.0 Å². The zero-order valence-corrected chi connectivity index (χ0v) is 21.4. The molecule has 0 unspecified atom stereocenters. The Hall–Kier alpha value is -2.59. The molecule has 2 heterocycles. The minimum atomic E-state index is -0.440. The quantitative estimate of drug-likeness (QED) is 0.483. The Balaban J connectivity index is 1.60. The van der Waals surface area contributed by atoms with Gasteiger partial charge in [0.1, 0.15) is 11.6 Å². The largest absolute Gasteiger partial charge is 0.340 e. The highest BCUT2D eigenvalue weighted by Gasteiger charge is 2.28. The summed E-state index contributed by atoms with van der Waals surface area (Å²) in [6.45, 7) is 14.2. The van der Waals surface area contributed by atoms with Gasteiger partial charge in [0.15, 0.2) is 0 Å². The van der Waals surface area contributed by atoms with Gasteiger partial charge in [0.05, 0.1) is 16.1 Å². The van der Waals surface area contributed by atoms with Gasteiger partial charge in [-0.15, -0.1) is 0 Å². The molecule has 34 heavy (non-hydrogen) atoms. The molecule has 0 bridgehead atoms. The van der Waals surface area contributed by atoms with Crippen LogP contribution >= 0.6 is 11.6 Å². The maximum atomic E-state index is 13.6. The number of benzene rings is 2. The van der Waals surface area contributed by atoms with Crippen molar-refractivity contribution in [3.8, 4) is 11.8 Å². The highest BCUT2D eigenvalue weighted by Crippen LogP contribution is 2.30. The lowest BCUT2D eigenvalue weighted by atomic mass is 10.00. The topological polar surface area (TPSA) is 36.3 Å². The van der Waals surface area contributed by atoms with Gasteiger partial charge in [-0.2, -0.15) is 5.10 Å². The third-order valence-corrected chi connectivity index (χ3v) is 6.86. The van der Waals surface area contributed by atoms with Crippen LogP contribution in [0.4, 0.5) is 15.9 Å². The van der Waals surface area contributed by atoms with Crippen LogP contribution in [-0.2, 0) is 7.05 Å². The van der Waals surface area contributed by atoms with Crippen molar-refractivity contribution in [2.45, 2.75) is 39.7 Å². The van der Waals surface area contributed by atoms with Gasteiger partial charge in [0.25, 0.3) is 0 Å². The molecule has 1 fully saturated rings. The van der Waals surface area contributed by atoms with Gasteiger partial charge in [-0.25, -0.2) is 4.39 Å². The smallest absolute Gasteiger partial charge is 0.141 e. The summed E-state index contributed by atoms with van der Waals surface area (Å²) in [5, 5.41) is 9.02. The molecule has 4 rings (SSSR count). The van der Waals surface area contributed by atoms with E-state index in [1.807, 2.05) is 7.05 Å². The number of halogens is 2.